The van der Waals surface area contributed by atoms with E-state index in [0.717, 1.165) is 16.7 Å². The Morgan fingerprint density at radius 1 is 1.12 bits per heavy atom. The molecule has 0 radical (unpaired) electrons. The van der Waals surface area contributed by atoms with Crippen LogP contribution in [-0.4, -0.2) is 18.0 Å². The predicted molar refractivity (Wildman–Crippen MR) is 101 cm³/mol. The first-order valence-electron chi connectivity index (χ1n) is 7.87. The quantitative estimate of drug-likeness (QED) is 0.631. The summed E-state index contributed by atoms with van der Waals surface area (Å²) in [6.07, 6.45) is 1.99. The largest absolute Gasteiger partial charge is 0.449 e. The predicted octanol–water partition coefficient (Wildman–Crippen LogP) is 4.54. The molecule has 0 saturated heterocycles. The van der Waals surface area contributed by atoms with E-state index < -0.39 is 12.1 Å². The molecule has 5 heteroatoms. The zero-order chi connectivity index (χ0) is 18.4. The summed E-state index contributed by atoms with van der Waals surface area (Å²) in [7, 11) is 0. The number of halogens is 1. The van der Waals surface area contributed by atoms with Crippen LogP contribution in [0, 0.1) is 13.8 Å². The van der Waals surface area contributed by atoms with Gasteiger partial charge in [-0.15, -0.1) is 0 Å². The van der Waals surface area contributed by atoms with Crippen molar-refractivity contribution in [1.29, 1.82) is 0 Å². The van der Waals surface area contributed by atoms with E-state index in [1.807, 2.05) is 32.0 Å². The Morgan fingerprint density at radius 3 is 2.44 bits per heavy atom. The summed E-state index contributed by atoms with van der Waals surface area (Å²) in [5.41, 5.74) is 3.58. The number of anilines is 1. The van der Waals surface area contributed by atoms with Crippen molar-refractivity contribution < 1.29 is 14.3 Å². The number of nitrogens with one attached hydrogen (secondary N) is 1. The number of aryl methyl sites for hydroxylation is 2. The van der Waals surface area contributed by atoms with Gasteiger partial charge in [0.1, 0.15) is 0 Å². The van der Waals surface area contributed by atoms with E-state index in [1.54, 1.807) is 30.3 Å². The van der Waals surface area contributed by atoms with Crippen molar-refractivity contribution in [3.8, 4) is 0 Å². The first-order chi connectivity index (χ1) is 11.8. The molecule has 0 unspecified atom stereocenters. The van der Waals surface area contributed by atoms with E-state index in [0.29, 0.717) is 10.7 Å². The second-order valence-corrected chi connectivity index (χ2v) is 6.21. The monoisotopic (exact) mass is 357 g/mol. The molecule has 0 aromatic heterocycles. The van der Waals surface area contributed by atoms with E-state index in [-0.39, 0.29) is 5.91 Å². The van der Waals surface area contributed by atoms with E-state index in [1.165, 1.54) is 13.0 Å². The lowest BCUT2D eigenvalue weighted by molar-refractivity contribution is -0.148. The molecule has 25 heavy (non-hydrogen) atoms. The number of rotatable bonds is 5. The van der Waals surface area contributed by atoms with Crippen LogP contribution in [-0.2, 0) is 14.3 Å². The molecule has 0 aliphatic heterocycles. The number of esters is 1. The third-order valence-corrected chi connectivity index (χ3v) is 3.84. The highest BCUT2D eigenvalue weighted by atomic mass is 35.5. The zero-order valence-electron chi connectivity index (χ0n) is 14.4. The molecule has 2 aromatic carbocycles. The summed E-state index contributed by atoms with van der Waals surface area (Å²) < 4.78 is 5.13. The van der Waals surface area contributed by atoms with Gasteiger partial charge in [0.25, 0.3) is 5.91 Å². The fourth-order valence-corrected chi connectivity index (χ4v) is 2.32. The number of benzene rings is 2. The molecule has 0 heterocycles. The van der Waals surface area contributed by atoms with Gasteiger partial charge in [0.05, 0.1) is 0 Å². The van der Waals surface area contributed by atoms with Gasteiger partial charge >= 0.3 is 5.97 Å². The minimum atomic E-state index is -0.900. The van der Waals surface area contributed by atoms with Gasteiger partial charge in [0.15, 0.2) is 6.10 Å². The molecule has 0 bridgehead atoms. The van der Waals surface area contributed by atoms with Crippen molar-refractivity contribution in [2.24, 2.45) is 0 Å². The van der Waals surface area contributed by atoms with Crippen LogP contribution < -0.4 is 5.32 Å². The normalized spacial score (nSPS) is 12.0. The molecule has 2 aromatic rings. The first kappa shape index (κ1) is 18.7. The maximum atomic E-state index is 12.2. The maximum Gasteiger partial charge on any atom is 0.331 e. The number of hydrogen-bond acceptors (Lipinski definition) is 3. The second kappa shape index (κ2) is 8.49. The molecule has 0 fully saturated rings. The number of hydrogen-bond donors (Lipinski definition) is 1. The molecule has 4 nitrogen and oxygen atoms in total. The standard InChI is InChI=1S/C20H20ClNO3/c1-13-4-10-18(14(2)12-13)22-20(24)15(3)25-19(23)11-7-16-5-8-17(21)9-6-16/h4-12,15H,1-3H3,(H,22,24)/b11-7+/t15-/m1/s1. The Labute approximate surface area is 152 Å². The van der Waals surface area contributed by atoms with Gasteiger partial charge in [-0.05, 0) is 56.2 Å². The highest BCUT2D eigenvalue weighted by Crippen LogP contribution is 2.16. The molecule has 1 amide bonds. The van der Waals surface area contributed by atoms with Crippen LogP contribution in [0.15, 0.2) is 48.5 Å². The molecule has 0 aliphatic carbocycles. The SMILES string of the molecule is Cc1ccc(NC(=O)[C@@H](C)OC(=O)/C=C/c2ccc(Cl)cc2)c(C)c1. The topological polar surface area (TPSA) is 55.4 Å². The Hall–Kier alpha value is -2.59. The molecule has 1 N–H and O–H groups in total. The minimum absolute atomic E-state index is 0.375. The lowest BCUT2D eigenvalue weighted by Crippen LogP contribution is -2.29. The van der Waals surface area contributed by atoms with Crippen molar-refractivity contribution >= 4 is 35.2 Å². The lowest BCUT2D eigenvalue weighted by Gasteiger charge is -2.14. The fourth-order valence-electron chi connectivity index (χ4n) is 2.19. The highest BCUT2D eigenvalue weighted by molar-refractivity contribution is 6.30. The van der Waals surface area contributed by atoms with Crippen molar-refractivity contribution in [3.05, 3.63) is 70.3 Å². The summed E-state index contributed by atoms with van der Waals surface area (Å²) in [6.45, 7) is 5.43. The first-order valence-corrected chi connectivity index (χ1v) is 8.25. The highest BCUT2D eigenvalue weighted by Gasteiger charge is 2.17. The average Bonchev–Trinajstić information content (AvgIpc) is 2.56. The summed E-state index contributed by atoms with van der Waals surface area (Å²) in [4.78, 5) is 24.0. The molecule has 130 valence electrons. The molecular weight excluding hydrogens is 338 g/mol. The van der Waals surface area contributed by atoms with Gasteiger partial charge in [-0.25, -0.2) is 4.79 Å². The third-order valence-electron chi connectivity index (χ3n) is 3.58. The average molecular weight is 358 g/mol. The number of carbonyl (C=O) groups excluding carboxylic acids is 2. The summed E-state index contributed by atoms with van der Waals surface area (Å²) in [5.74, 6) is -0.960. The van der Waals surface area contributed by atoms with Crippen LogP contribution in [0.3, 0.4) is 0 Å². The van der Waals surface area contributed by atoms with Gasteiger partial charge < -0.3 is 10.1 Å². The van der Waals surface area contributed by atoms with E-state index in [4.69, 9.17) is 16.3 Å². The van der Waals surface area contributed by atoms with Crippen LogP contribution in [0.4, 0.5) is 5.69 Å². The number of ether oxygens (including phenoxy) is 1. The van der Waals surface area contributed by atoms with Gasteiger partial charge in [0, 0.05) is 16.8 Å². The Kier molecular flexibility index (Phi) is 6.37. The summed E-state index contributed by atoms with van der Waals surface area (Å²) in [5, 5.41) is 3.39. The fraction of sp³-hybridized carbons (Fsp3) is 0.200. The van der Waals surface area contributed by atoms with Crippen molar-refractivity contribution in [3.63, 3.8) is 0 Å². The molecule has 0 saturated carbocycles. The van der Waals surface area contributed by atoms with E-state index in [9.17, 15) is 9.59 Å². The van der Waals surface area contributed by atoms with Crippen molar-refractivity contribution in [2.45, 2.75) is 26.9 Å². The Balaban J connectivity index is 1.91. The molecule has 0 aliphatic rings. The van der Waals surface area contributed by atoms with Crippen molar-refractivity contribution in [2.75, 3.05) is 5.32 Å². The minimum Gasteiger partial charge on any atom is -0.449 e. The van der Waals surface area contributed by atoms with Crippen LogP contribution >= 0.6 is 11.6 Å². The maximum absolute atomic E-state index is 12.2. The molecular formula is C20H20ClNO3. The summed E-state index contributed by atoms with van der Waals surface area (Å²) >= 11 is 5.80. The van der Waals surface area contributed by atoms with Crippen LogP contribution in [0.25, 0.3) is 6.08 Å². The van der Waals surface area contributed by atoms with Crippen LogP contribution in [0.1, 0.15) is 23.6 Å². The van der Waals surface area contributed by atoms with Gasteiger partial charge in [-0.2, -0.15) is 0 Å². The smallest absolute Gasteiger partial charge is 0.331 e. The number of amides is 1. The van der Waals surface area contributed by atoms with E-state index >= 15 is 0 Å². The number of carbonyl (C=O) groups is 2. The van der Waals surface area contributed by atoms with Crippen molar-refractivity contribution in [1.82, 2.24) is 0 Å². The third kappa shape index (κ3) is 5.76. The molecule has 2 rings (SSSR count). The van der Waals surface area contributed by atoms with Gasteiger partial charge in [0.2, 0.25) is 0 Å². The zero-order valence-corrected chi connectivity index (χ0v) is 15.1. The Morgan fingerprint density at radius 2 is 1.80 bits per heavy atom. The summed E-state index contributed by atoms with van der Waals surface area (Å²) in [6, 6.07) is 12.7. The Bertz CT molecular complexity index is 797. The van der Waals surface area contributed by atoms with Crippen LogP contribution in [0.2, 0.25) is 5.02 Å². The van der Waals surface area contributed by atoms with Gasteiger partial charge in [-0.3, -0.25) is 4.79 Å². The van der Waals surface area contributed by atoms with Gasteiger partial charge in [-0.1, -0.05) is 41.4 Å². The lowest BCUT2D eigenvalue weighted by atomic mass is 10.1. The molecule has 0 spiro atoms. The van der Waals surface area contributed by atoms with E-state index in [2.05, 4.69) is 5.32 Å². The van der Waals surface area contributed by atoms with Crippen LogP contribution in [0.5, 0.6) is 0 Å². The second-order valence-electron chi connectivity index (χ2n) is 5.77. The molecule has 1 atom stereocenters.